The molecule has 3 aromatic heterocycles. The number of pyridine rings is 2. The summed E-state index contributed by atoms with van der Waals surface area (Å²) in [4.78, 5) is 49.9. The van der Waals surface area contributed by atoms with Crippen LogP contribution in [0.4, 0.5) is 21.9 Å². The molecule has 2 atom stereocenters. The SMILES string of the molecule is C=CC(=O)NC1CC[C@@H](NC(=O)c2sc3nccc4c3c2NC(=O)N4c2cnc(Oc3ccccc3)cc2C)C1. The fourth-order valence-corrected chi connectivity index (χ4v) is 6.18. The fraction of sp³-hybridized carbons (Fsp3) is 0.207. The van der Waals surface area contributed by atoms with Gasteiger partial charge in [0, 0.05) is 24.3 Å². The summed E-state index contributed by atoms with van der Waals surface area (Å²) in [5, 5.41) is 9.57. The highest BCUT2D eigenvalue weighted by molar-refractivity contribution is 7.21. The van der Waals surface area contributed by atoms with Crippen LogP contribution in [-0.2, 0) is 4.79 Å². The van der Waals surface area contributed by atoms with Gasteiger partial charge in [0.15, 0.2) is 0 Å². The lowest BCUT2D eigenvalue weighted by atomic mass is 10.1. The van der Waals surface area contributed by atoms with Gasteiger partial charge in [0.1, 0.15) is 15.5 Å². The Hall–Kier alpha value is -4.77. The molecule has 4 amide bonds. The minimum absolute atomic E-state index is 0.0144. The van der Waals surface area contributed by atoms with Crippen LogP contribution in [0, 0.1) is 6.92 Å². The largest absolute Gasteiger partial charge is 0.439 e. The minimum Gasteiger partial charge on any atom is -0.439 e. The number of nitrogens with zero attached hydrogens (tertiary/aromatic N) is 3. The van der Waals surface area contributed by atoms with Crippen molar-refractivity contribution in [3.63, 3.8) is 0 Å². The van der Waals surface area contributed by atoms with Gasteiger partial charge in [-0.2, -0.15) is 0 Å². The van der Waals surface area contributed by atoms with E-state index < -0.39 is 6.03 Å². The Kier molecular flexibility index (Phi) is 6.64. The van der Waals surface area contributed by atoms with Crippen LogP contribution in [0.3, 0.4) is 0 Å². The molecule has 0 radical (unpaired) electrons. The van der Waals surface area contributed by atoms with Gasteiger partial charge < -0.3 is 20.7 Å². The summed E-state index contributed by atoms with van der Waals surface area (Å²) in [5.41, 5.74) is 2.45. The minimum atomic E-state index is -0.401. The van der Waals surface area contributed by atoms with E-state index in [-0.39, 0.29) is 23.9 Å². The van der Waals surface area contributed by atoms with E-state index in [0.717, 1.165) is 18.4 Å². The molecule has 11 heteroatoms. The van der Waals surface area contributed by atoms with E-state index in [0.29, 0.717) is 50.2 Å². The van der Waals surface area contributed by atoms with Crippen LogP contribution in [-0.4, -0.2) is 39.9 Å². The number of amides is 4. The fourth-order valence-electron chi connectivity index (χ4n) is 5.16. The van der Waals surface area contributed by atoms with Gasteiger partial charge in [-0.1, -0.05) is 24.8 Å². The third kappa shape index (κ3) is 4.75. The van der Waals surface area contributed by atoms with Crippen LogP contribution in [0.5, 0.6) is 11.6 Å². The van der Waals surface area contributed by atoms with Crippen LogP contribution in [0.1, 0.15) is 34.5 Å². The number of benzene rings is 1. The van der Waals surface area contributed by atoms with Crippen molar-refractivity contribution >= 4 is 56.5 Å². The summed E-state index contributed by atoms with van der Waals surface area (Å²) in [6, 6.07) is 12.4. The normalized spacial score (nSPS) is 17.8. The zero-order valence-electron chi connectivity index (χ0n) is 21.6. The van der Waals surface area contributed by atoms with Gasteiger partial charge in [0.25, 0.3) is 5.91 Å². The van der Waals surface area contributed by atoms with Crippen molar-refractivity contribution < 1.29 is 19.1 Å². The second kappa shape index (κ2) is 10.4. The molecule has 3 N–H and O–H groups in total. The number of hydrogen-bond acceptors (Lipinski definition) is 7. The number of para-hydroxylation sites is 1. The van der Waals surface area contributed by atoms with Crippen molar-refractivity contribution in [3.05, 3.63) is 78.0 Å². The zero-order valence-corrected chi connectivity index (χ0v) is 22.5. The van der Waals surface area contributed by atoms with Crippen LogP contribution >= 0.6 is 11.3 Å². The van der Waals surface area contributed by atoms with Gasteiger partial charge in [-0.15, -0.1) is 11.3 Å². The molecule has 1 aliphatic heterocycles. The number of rotatable bonds is 7. The lowest BCUT2D eigenvalue weighted by Crippen LogP contribution is -2.37. The van der Waals surface area contributed by atoms with E-state index in [2.05, 4.69) is 32.5 Å². The number of nitrogens with one attached hydrogen (secondary N) is 3. The molecule has 202 valence electrons. The Balaban J connectivity index is 1.27. The highest BCUT2D eigenvalue weighted by Crippen LogP contribution is 2.46. The Morgan fingerprint density at radius 1 is 1.12 bits per heavy atom. The van der Waals surface area contributed by atoms with Gasteiger partial charge in [0.2, 0.25) is 11.8 Å². The van der Waals surface area contributed by atoms with E-state index in [1.807, 2.05) is 37.3 Å². The number of hydrogen-bond donors (Lipinski definition) is 3. The molecule has 1 fully saturated rings. The van der Waals surface area contributed by atoms with Crippen molar-refractivity contribution in [2.75, 3.05) is 10.2 Å². The average Bonchev–Trinajstić information content (AvgIpc) is 3.55. The topological polar surface area (TPSA) is 126 Å². The molecule has 0 spiro atoms. The maximum atomic E-state index is 13.5. The van der Waals surface area contributed by atoms with Crippen molar-refractivity contribution in [1.29, 1.82) is 0 Å². The van der Waals surface area contributed by atoms with Gasteiger partial charge in [-0.05, 0) is 56.0 Å². The number of ether oxygens (including phenoxy) is 1. The summed E-state index contributed by atoms with van der Waals surface area (Å²) < 4.78 is 5.85. The first-order valence-corrected chi connectivity index (χ1v) is 13.7. The Labute approximate surface area is 234 Å². The van der Waals surface area contributed by atoms with Gasteiger partial charge in [-0.25, -0.2) is 14.8 Å². The monoisotopic (exact) mass is 554 g/mol. The highest BCUT2D eigenvalue weighted by atomic mass is 32.1. The molecule has 1 aliphatic carbocycles. The Morgan fingerprint density at radius 2 is 1.90 bits per heavy atom. The zero-order chi connectivity index (χ0) is 27.8. The van der Waals surface area contributed by atoms with Gasteiger partial charge in [-0.3, -0.25) is 14.5 Å². The van der Waals surface area contributed by atoms with E-state index >= 15 is 0 Å². The Bertz CT molecular complexity index is 1650. The molecule has 10 nitrogen and oxygen atoms in total. The highest BCUT2D eigenvalue weighted by Gasteiger charge is 2.35. The second-order valence-electron chi connectivity index (χ2n) is 9.70. The molecular formula is C29H26N6O4S. The Morgan fingerprint density at radius 3 is 2.65 bits per heavy atom. The third-order valence-corrected chi connectivity index (χ3v) is 8.11. The van der Waals surface area contributed by atoms with Crippen molar-refractivity contribution in [1.82, 2.24) is 20.6 Å². The summed E-state index contributed by atoms with van der Waals surface area (Å²) in [7, 11) is 0. The number of thiophene rings is 1. The molecule has 4 aromatic rings. The predicted molar refractivity (Wildman–Crippen MR) is 154 cm³/mol. The molecule has 2 aliphatic rings. The first-order chi connectivity index (χ1) is 19.4. The number of anilines is 3. The standard InChI is InChI=1S/C29H26N6O4S/c1-3-22(36)32-17-9-10-18(14-17)33-27(37)26-25-24-20(11-12-30-28(24)40-26)35(29(38)34-25)21-15-31-23(13-16(21)2)39-19-7-5-4-6-8-19/h3-8,11-13,15,17-18H,1,9-10,14H2,2H3,(H,32,36)(H,33,37)(H,34,38)/t17?,18-/m1/s1. The van der Waals surface area contributed by atoms with Gasteiger partial charge >= 0.3 is 6.03 Å². The van der Waals surface area contributed by atoms with Crippen molar-refractivity contribution in [3.8, 4) is 11.6 Å². The summed E-state index contributed by atoms with van der Waals surface area (Å²) in [6.45, 7) is 5.37. The quantitative estimate of drug-likeness (QED) is 0.262. The van der Waals surface area contributed by atoms with E-state index in [9.17, 15) is 14.4 Å². The van der Waals surface area contributed by atoms with Crippen LogP contribution in [0.15, 0.2) is 67.5 Å². The lowest BCUT2D eigenvalue weighted by Gasteiger charge is -2.29. The third-order valence-electron chi connectivity index (χ3n) is 7.02. The van der Waals surface area contributed by atoms with Crippen molar-refractivity contribution in [2.45, 2.75) is 38.3 Å². The lowest BCUT2D eigenvalue weighted by molar-refractivity contribution is -0.117. The molecule has 1 aromatic carbocycles. The molecule has 0 saturated heterocycles. The predicted octanol–water partition coefficient (Wildman–Crippen LogP) is 5.43. The average molecular weight is 555 g/mol. The van der Waals surface area contributed by atoms with E-state index in [4.69, 9.17) is 4.74 Å². The number of aromatic nitrogens is 2. The molecule has 6 rings (SSSR count). The van der Waals surface area contributed by atoms with Crippen LogP contribution < -0.4 is 25.6 Å². The number of carbonyl (C=O) groups excluding carboxylic acids is 3. The molecule has 4 heterocycles. The molecule has 1 unspecified atom stereocenters. The maximum absolute atomic E-state index is 13.5. The second-order valence-corrected chi connectivity index (χ2v) is 10.7. The molecular weight excluding hydrogens is 528 g/mol. The maximum Gasteiger partial charge on any atom is 0.331 e. The van der Waals surface area contributed by atoms with Crippen LogP contribution in [0.25, 0.3) is 10.2 Å². The number of carbonyl (C=O) groups is 3. The number of aryl methyl sites for hydroxylation is 1. The smallest absolute Gasteiger partial charge is 0.331 e. The summed E-state index contributed by atoms with van der Waals surface area (Å²) in [5.74, 6) is 0.578. The summed E-state index contributed by atoms with van der Waals surface area (Å²) in [6.07, 6.45) is 6.62. The van der Waals surface area contributed by atoms with E-state index in [1.54, 1.807) is 29.4 Å². The van der Waals surface area contributed by atoms with Crippen LogP contribution in [0.2, 0.25) is 0 Å². The first kappa shape index (κ1) is 25.5. The molecule has 1 saturated carbocycles. The van der Waals surface area contributed by atoms with Crippen molar-refractivity contribution in [2.24, 2.45) is 0 Å². The number of urea groups is 1. The molecule has 0 bridgehead atoms. The molecule has 40 heavy (non-hydrogen) atoms. The summed E-state index contributed by atoms with van der Waals surface area (Å²) >= 11 is 1.23. The van der Waals surface area contributed by atoms with E-state index in [1.165, 1.54) is 17.4 Å². The first-order valence-electron chi connectivity index (χ1n) is 12.9. The van der Waals surface area contributed by atoms with Gasteiger partial charge in [0.05, 0.1) is 28.6 Å².